The molecule has 0 saturated carbocycles. The molecule has 0 aromatic carbocycles. The molecule has 62 valence electrons. The maximum Gasteiger partial charge on any atom is 0.518 e. The lowest BCUT2D eigenvalue weighted by atomic mass is 10.3. The molecule has 0 amide bonds. The van der Waals surface area contributed by atoms with Gasteiger partial charge in [0.1, 0.15) is 0 Å². The van der Waals surface area contributed by atoms with Crippen molar-refractivity contribution in [1.29, 1.82) is 0 Å². The minimum atomic E-state index is -0.989. The van der Waals surface area contributed by atoms with Gasteiger partial charge in [0.05, 0.1) is 13.2 Å². The van der Waals surface area contributed by atoms with Crippen molar-refractivity contribution in [3.05, 3.63) is 0 Å². The van der Waals surface area contributed by atoms with Crippen molar-refractivity contribution in [3.8, 4) is 0 Å². The molecule has 0 atom stereocenters. The predicted octanol–water partition coefficient (Wildman–Crippen LogP) is 1.07. The molecule has 1 rings (SSSR count). The largest absolute Gasteiger partial charge is 0.518 e. The minimum Gasteiger partial charge on any atom is -0.434 e. The van der Waals surface area contributed by atoms with E-state index in [9.17, 15) is 9.59 Å². The number of carbonyl (C=O) groups excluding carboxylic acids is 2. The van der Waals surface area contributed by atoms with Crippen LogP contribution in [0.5, 0.6) is 0 Å². The van der Waals surface area contributed by atoms with E-state index in [1.54, 1.807) is 0 Å². The number of cyclic esters (lactones) is 4. The van der Waals surface area contributed by atoms with E-state index in [4.69, 9.17) is 0 Å². The van der Waals surface area contributed by atoms with Gasteiger partial charge in [-0.15, -0.1) is 0 Å². The summed E-state index contributed by atoms with van der Waals surface area (Å²) in [4.78, 5) is 20.9. The van der Waals surface area contributed by atoms with Gasteiger partial charge < -0.3 is 14.2 Å². The average molecular weight is 160 g/mol. The first-order valence-corrected chi connectivity index (χ1v) is 3.30. The van der Waals surface area contributed by atoms with Gasteiger partial charge in [0.15, 0.2) is 0 Å². The smallest absolute Gasteiger partial charge is 0.434 e. The van der Waals surface area contributed by atoms with Gasteiger partial charge in [-0.25, -0.2) is 9.59 Å². The van der Waals surface area contributed by atoms with Crippen molar-refractivity contribution in [2.24, 2.45) is 0 Å². The zero-order chi connectivity index (χ0) is 8.10. The number of rotatable bonds is 0. The first kappa shape index (κ1) is 7.84. The molecule has 0 unspecified atom stereocenters. The van der Waals surface area contributed by atoms with Gasteiger partial charge in [-0.1, -0.05) is 0 Å². The highest BCUT2D eigenvalue weighted by Crippen LogP contribution is 1.99. The van der Waals surface area contributed by atoms with Crippen LogP contribution in [0, 0.1) is 0 Å². The fourth-order valence-corrected chi connectivity index (χ4v) is 0.642. The van der Waals surface area contributed by atoms with E-state index in [1.165, 1.54) is 0 Å². The Morgan fingerprint density at radius 3 is 1.82 bits per heavy atom. The Morgan fingerprint density at radius 1 is 0.909 bits per heavy atom. The average Bonchev–Trinajstić information content (AvgIpc) is 2.02. The van der Waals surface area contributed by atoms with Crippen LogP contribution in [0.4, 0.5) is 9.59 Å². The second-order valence-corrected chi connectivity index (χ2v) is 2.01. The standard InChI is InChI=1S/C6H8O5/c7-5-9-3-1-2-4-10-6(8)11-5/h1-4H2. The van der Waals surface area contributed by atoms with Gasteiger partial charge in [0.25, 0.3) is 0 Å². The van der Waals surface area contributed by atoms with Crippen molar-refractivity contribution >= 4 is 12.3 Å². The maximum absolute atomic E-state index is 10.5. The molecule has 1 aliphatic rings. The molecular formula is C6H8O5. The molecule has 5 nitrogen and oxygen atoms in total. The number of carbonyl (C=O) groups is 2. The van der Waals surface area contributed by atoms with Crippen molar-refractivity contribution in [1.82, 2.24) is 0 Å². The number of ether oxygens (including phenoxy) is 3. The monoisotopic (exact) mass is 160 g/mol. The Kier molecular flexibility index (Phi) is 2.71. The molecule has 0 bridgehead atoms. The SMILES string of the molecule is O=C1OCCCCOC(=O)O1. The normalized spacial score (nSPS) is 20.0. The molecule has 5 heteroatoms. The molecular weight excluding hydrogens is 152 g/mol. The summed E-state index contributed by atoms with van der Waals surface area (Å²) in [5.41, 5.74) is 0. The van der Waals surface area contributed by atoms with Gasteiger partial charge in [-0.3, -0.25) is 0 Å². The van der Waals surface area contributed by atoms with E-state index in [-0.39, 0.29) is 13.2 Å². The predicted molar refractivity (Wildman–Crippen MR) is 33.0 cm³/mol. The zero-order valence-electron chi connectivity index (χ0n) is 5.87. The lowest BCUT2D eigenvalue weighted by molar-refractivity contribution is 0.0462. The summed E-state index contributed by atoms with van der Waals surface area (Å²) < 4.78 is 13.0. The Hall–Kier alpha value is -1.26. The highest BCUT2D eigenvalue weighted by atomic mass is 16.8. The molecule has 1 fully saturated rings. The molecule has 0 aliphatic carbocycles. The Labute approximate surface area is 63.2 Å². The van der Waals surface area contributed by atoms with Crippen LogP contribution in [0.2, 0.25) is 0 Å². The fraction of sp³-hybridized carbons (Fsp3) is 0.667. The highest BCUT2D eigenvalue weighted by molar-refractivity contribution is 5.76. The van der Waals surface area contributed by atoms with E-state index in [2.05, 4.69) is 14.2 Å². The van der Waals surface area contributed by atoms with Crippen LogP contribution in [0.1, 0.15) is 12.8 Å². The van der Waals surface area contributed by atoms with Crippen LogP contribution < -0.4 is 0 Å². The van der Waals surface area contributed by atoms with Gasteiger partial charge in [0, 0.05) is 0 Å². The Bertz CT molecular complexity index is 146. The summed E-state index contributed by atoms with van der Waals surface area (Å²) in [6.07, 6.45) is -0.612. The molecule has 0 aromatic heterocycles. The molecule has 1 heterocycles. The molecule has 0 radical (unpaired) electrons. The van der Waals surface area contributed by atoms with E-state index in [1.807, 2.05) is 0 Å². The summed E-state index contributed by atoms with van der Waals surface area (Å²) in [6, 6.07) is 0. The minimum absolute atomic E-state index is 0.273. The van der Waals surface area contributed by atoms with Crippen LogP contribution in [0.25, 0.3) is 0 Å². The topological polar surface area (TPSA) is 61.8 Å². The third-order valence-corrected chi connectivity index (χ3v) is 1.15. The van der Waals surface area contributed by atoms with Gasteiger partial charge in [-0.05, 0) is 12.8 Å². The first-order chi connectivity index (χ1) is 5.29. The third-order valence-electron chi connectivity index (χ3n) is 1.15. The van der Waals surface area contributed by atoms with Crippen LogP contribution in [-0.4, -0.2) is 25.5 Å². The number of hydrogen-bond acceptors (Lipinski definition) is 5. The Morgan fingerprint density at radius 2 is 1.36 bits per heavy atom. The first-order valence-electron chi connectivity index (χ1n) is 3.30. The summed E-state index contributed by atoms with van der Waals surface area (Å²) in [7, 11) is 0. The highest BCUT2D eigenvalue weighted by Gasteiger charge is 2.14. The van der Waals surface area contributed by atoms with Crippen LogP contribution in [0.3, 0.4) is 0 Å². The van der Waals surface area contributed by atoms with Crippen molar-refractivity contribution in [2.75, 3.05) is 13.2 Å². The van der Waals surface area contributed by atoms with E-state index < -0.39 is 12.3 Å². The van der Waals surface area contributed by atoms with E-state index >= 15 is 0 Å². The van der Waals surface area contributed by atoms with Crippen LogP contribution in [0.15, 0.2) is 0 Å². The summed E-state index contributed by atoms with van der Waals surface area (Å²) in [5.74, 6) is 0. The van der Waals surface area contributed by atoms with Crippen molar-refractivity contribution in [3.63, 3.8) is 0 Å². The van der Waals surface area contributed by atoms with E-state index in [0.717, 1.165) is 0 Å². The van der Waals surface area contributed by atoms with Gasteiger partial charge in [-0.2, -0.15) is 0 Å². The summed E-state index contributed by atoms with van der Waals surface area (Å²) in [6.45, 7) is 0.547. The van der Waals surface area contributed by atoms with E-state index in [0.29, 0.717) is 12.8 Å². The molecule has 1 aliphatic heterocycles. The summed E-state index contributed by atoms with van der Waals surface area (Å²) in [5, 5.41) is 0. The Balaban J connectivity index is 2.39. The van der Waals surface area contributed by atoms with Gasteiger partial charge >= 0.3 is 12.3 Å². The second-order valence-electron chi connectivity index (χ2n) is 2.01. The second kappa shape index (κ2) is 3.80. The molecule has 0 spiro atoms. The maximum atomic E-state index is 10.5. The number of hydrogen-bond donors (Lipinski definition) is 0. The third kappa shape index (κ3) is 2.88. The quantitative estimate of drug-likeness (QED) is 0.391. The molecule has 0 N–H and O–H groups in total. The van der Waals surface area contributed by atoms with Crippen LogP contribution >= 0.6 is 0 Å². The molecule has 0 aromatic rings. The molecule has 11 heavy (non-hydrogen) atoms. The molecule has 1 saturated heterocycles. The summed E-state index contributed by atoms with van der Waals surface area (Å²) >= 11 is 0. The lowest BCUT2D eigenvalue weighted by Crippen LogP contribution is -2.13. The van der Waals surface area contributed by atoms with Crippen LogP contribution in [-0.2, 0) is 14.2 Å². The van der Waals surface area contributed by atoms with Gasteiger partial charge in [0.2, 0.25) is 0 Å². The van der Waals surface area contributed by atoms with Crippen molar-refractivity contribution in [2.45, 2.75) is 12.8 Å². The zero-order valence-corrected chi connectivity index (χ0v) is 5.87. The lowest BCUT2D eigenvalue weighted by Gasteiger charge is -1.99. The fourth-order valence-electron chi connectivity index (χ4n) is 0.642. The van der Waals surface area contributed by atoms with Crippen molar-refractivity contribution < 1.29 is 23.8 Å².